The van der Waals surface area contributed by atoms with E-state index >= 15 is 0 Å². The van der Waals surface area contributed by atoms with Crippen molar-refractivity contribution in [3.63, 3.8) is 0 Å². The van der Waals surface area contributed by atoms with Gasteiger partial charge in [-0.3, -0.25) is 9.55 Å². The number of imidazole rings is 2. The van der Waals surface area contributed by atoms with Gasteiger partial charge < -0.3 is 4.57 Å². The van der Waals surface area contributed by atoms with Crippen molar-refractivity contribution >= 4 is 38.6 Å². The first kappa shape index (κ1) is 17.1. The van der Waals surface area contributed by atoms with Crippen LogP contribution in [0.3, 0.4) is 0 Å². The summed E-state index contributed by atoms with van der Waals surface area (Å²) in [6.07, 6.45) is 6.45. The second-order valence-corrected chi connectivity index (χ2v) is 6.91. The fourth-order valence-corrected chi connectivity index (χ4v) is 3.27. The van der Waals surface area contributed by atoms with Crippen molar-refractivity contribution in [2.75, 3.05) is 0 Å². The van der Waals surface area contributed by atoms with E-state index in [1.807, 2.05) is 6.07 Å². The molecule has 0 amide bonds. The molecule has 0 spiro atoms. The smallest absolute Gasteiger partial charge is 0.167 e. The van der Waals surface area contributed by atoms with Crippen molar-refractivity contribution in [1.82, 2.24) is 24.1 Å². The minimum atomic E-state index is -0.790. The molecule has 0 radical (unpaired) electrons. The lowest BCUT2D eigenvalue weighted by molar-refractivity contribution is 0.387. The quantitative estimate of drug-likeness (QED) is 0.459. The average molecular weight is 439 g/mol. The standard InChI is InChI=1S/C17H11BrClF2N5/c18-12-2-15-14(3-13(12)21)24-17(26(15)8-20)11-1-10(4-22-5-11)7-25-9-23-6-16(25)19/h1-6,9H,7-8H2. The van der Waals surface area contributed by atoms with Gasteiger partial charge in [0.05, 0.1) is 34.6 Å². The first-order chi connectivity index (χ1) is 12.6. The Labute approximate surface area is 160 Å². The van der Waals surface area contributed by atoms with Crippen LogP contribution >= 0.6 is 27.5 Å². The second kappa shape index (κ2) is 6.77. The summed E-state index contributed by atoms with van der Waals surface area (Å²) in [6, 6.07) is 4.64. The predicted octanol–water partition coefficient (Wildman–Crippen LogP) is 4.83. The van der Waals surface area contributed by atoms with E-state index in [2.05, 4.69) is 30.9 Å². The van der Waals surface area contributed by atoms with Crippen LogP contribution in [0.5, 0.6) is 0 Å². The molecule has 4 rings (SSSR count). The fraction of sp³-hybridized carbons (Fsp3) is 0.118. The number of hydrogen-bond donors (Lipinski definition) is 0. The van der Waals surface area contributed by atoms with E-state index in [-0.39, 0.29) is 4.47 Å². The van der Waals surface area contributed by atoms with E-state index in [9.17, 15) is 8.78 Å². The van der Waals surface area contributed by atoms with Crippen LogP contribution in [-0.4, -0.2) is 24.1 Å². The summed E-state index contributed by atoms with van der Waals surface area (Å²) in [5.74, 6) is -0.0692. The minimum Gasteiger partial charge on any atom is -0.317 e. The maximum atomic E-state index is 13.8. The van der Waals surface area contributed by atoms with Crippen molar-refractivity contribution in [2.45, 2.75) is 13.3 Å². The largest absolute Gasteiger partial charge is 0.317 e. The van der Waals surface area contributed by atoms with Crippen molar-refractivity contribution < 1.29 is 8.78 Å². The third-order valence-corrected chi connectivity index (χ3v) is 4.90. The SMILES string of the molecule is FCn1c(-c2cncc(Cn3cncc3Cl)c2)nc2cc(F)c(Br)cc21. The highest BCUT2D eigenvalue weighted by Gasteiger charge is 2.15. The monoisotopic (exact) mass is 437 g/mol. The molecule has 132 valence electrons. The van der Waals surface area contributed by atoms with E-state index in [1.54, 1.807) is 29.5 Å². The highest BCUT2D eigenvalue weighted by molar-refractivity contribution is 9.10. The summed E-state index contributed by atoms with van der Waals surface area (Å²) in [7, 11) is 0. The number of rotatable bonds is 4. The highest BCUT2D eigenvalue weighted by atomic mass is 79.9. The molecule has 0 atom stereocenters. The molecule has 3 aromatic heterocycles. The van der Waals surface area contributed by atoms with E-state index in [0.29, 0.717) is 34.1 Å². The predicted molar refractivity (Wildman–Crippen MR) is 98.1 cm³/mol. The Morgan fingerprint density at radius 1 is 1.12 bits per heavy atom. The van der Waals surface area contributed by atoms with E-state index < -0.39 is 12.6 Å². The lowest BCUT2D eigenvalue weighted by atomic mass is 10.2. The van der Waals surface area contributed by atoms with Gasteiger partial charge in [-0.25, -0.2) is 18.7 Å². The number of hydrogen-bond acceptors (Lipinski definition) is 3. The number of pyridine rings is 1. The van der Waals surface area contributed by atoms with Gasteiger partial charge in [0.1, 0.15) is 16.8 Å². The molecule has 0 saturated carbocycles. The number of benzene rings is 1. The Morgan fingerprint density at radius 3 is 2.69 bits per heavy atom. The number of halogens is 4. The summed E-state index contributed by atoms with van der Waals surface area (Å²) in [6.45, 7) is -0.322. The molecule has 0 fully saturated rings. The molecule has 26 heavy (non-hydrogen) atoms. The van der Waals surface area contributed by atoms with Gasteiger partial charge in [0.2, 0.25) is 0 Å². The Hall–Kier alpha value is -2.32. The van der Waals surface area contributed by atoms with Gasteiger partial charge >= 0.3 is 0 Å². The Balaban J connectivity index is 1.80. The summed E-state index contributed by atoms with van der Waals surface area (Å²) < 4.78 is 30.9. The Morgan fingerprint density at radius 2 is 1.96 bits per heavy atom. The van der Waals surface area contributed by atoms with Crippen LogP contribution in [0.2, 0.25) is 5.15 Å². The molecular formula is C17H11BrClF2N5. The molecule has 0 bridgehead atoms. The highest BCUT2D eigenvalue weighted by Crippen LogP contribution is 2.29. The molecule has 5 nitrogen and oxygen atoms in total. The van der Waals surface area contributed by atoms with Gasteiger partial charge in [0.25, 0.3) is 0 Å². The number of fused-ring (bicyclic) bond motifs is 1. The van der Waals surface area contributed by atoms with Crippen LogP contribution in [0.4, 0.5) is 8.78 Å². The van der Waals surface area contributed by atoms with Crippen LogP contribution < -0.4 is 0 Å². The topological polar surface area (TPSA) is 48.5 Å². The summed E-state index contributed by atoms with van der Waals surface area (Å²) in [5.41, 5.74) is 2.36. The average Bonchev–Trinajstić information content (AvgIpc) is 3.19. The molecule has 0 unspecified atom stereocenters. The van der Waals surface area contributed by atoms with Gasteiger partial charge in [-0.05, 0) is 33.6 Å². The summed E-state index contributed by atoms with van der Waals surface area (Å²) in [5, 5.41) is 0.506. The first-order valence-corrected chi connectivity index (χ1v) is 8.75. The van der Waals surface area contributed by atoms with E-state index in [4.69, 9.17) is 11.6 Å². The van der Waals surface area contributed by atoms with Crippen LogP contribution in [0.1, 0.15) is 5.56 Å². The van der Waals surface area contributed by atoms with Crippen LogP contribution in [0, 0.1) is 5.82 Å². The summed E-state index contributed by atoms with van der Waals surface area (Å²) in [4.78, 5) is 12.6. The van der Waals surface area contributed by atoms with Gasteiger partial charge in [0.15, 0.2) is 6.80 Å². The van der Waals surface area contributed by atoms with Gasteiger partial charge in [0, 0.05) is 24.0 Å². The number of aromatic nitrogens is 5. The molecule has 0 aliphatic rings. The van der Waals surface area contributed by atoms with Crippen molar-refractivity contribution in [3.8, 4) is 11.4 Å². The maximum absolute atomic E-state index is 13.8. The molecule has 9 heteroatoms. The van der Waals surface area contributed by atoms with Crippen LogP contribution in [0.25, 0.3) is 22.4 Å². The molecule has 3 heterocycles. The van der Waals surface area contributed by atoms with Crippen LogP contribution in [0.15, 0.2) is 47.6 Å². The molecule has 0 N–H and O–H groups in total. The maximum Gasteiger partial charge on any atom is 0.167 e. The first-order valence-electron chi connectivity index (χ1n) is 7.58. The summed E-state index contributed by atoms with van der Waals surface area (Å²) >= 11 is 9.18. The molecule has 0 aliphatic heterocycles. The Bertz CT molecular complexity index is 1110. The zero-order chi connectivity index (χ0) is 18.3. The van der Waals surface area contributed by atoms with Gasteiger partial charge in [-0.2, -0.15) is 0 Å². The normalized spacial score (nSPS) is 11.4. The second-order valence-electron chi connectivity index (χ2n) is 5.66. The van der Waals surface area contributed by atoms with Crippen molar-refractivity contribution in [1.29, 1.82) is 0 Å². The molecule has 4 aromatic rings. The molecule has 0 saturated heterocycles. The number of alkyl halides is 1. The van der Waals surface area contributed by atoms with Crippen molar-refractivity contribution in [2.24, 2.45) is 0 Å². The number of nitrogens with zero attached hydrogens (tertiary/aromatic N) is 5. The third kappa shape index (κ3) is 2.99. The molecule has 0 aliphatic carbocycles. The third-order valence-electron chi connectivity index (χ3n) is 3.98. The van der Waals surface area contributed by atoms with Gasteiger partial charge in [-0.15, -0.1) is 0 Å². The van der Waals surface area contributed by atoms with E-state index in [1.165, 1.54) is 16.7 Å². The minimum absolute atomic E-state index is 0.257. The van der Waals surface area contributed by atoms with E-state index in [0.717, 1.165) is 5.56 Å². The fourth-order valence-electron chi connectivity index (χ4n) is 2.78. The zero-order valence-electron chi connectivity index (χ0n) is 13.2. The zero-order valence-corrected chi connectivity index (χ0v) is 15.5. The van der Waals surface area contributed by atoms with Crippen LogP contribution in [-0.2, 0) is 13.3 Å². The lowest BCUT2D eigenvalue weighted by Crippen LogP contribution is -2.01. The van der Waals surface area contributed by atoms with Gasteiger partial charge in [-0.1, -0.05) is 11.6 Å². The molecule has 1 aromatic carbocycles. The Kier molecular flexibility index (Phi) is 4.46. The molecular weight excluding hydrogens is 428 g/mol. The lowest BCUT2D eigenvalue weighted by Gasteiger charge is -2.08. The van der Waals surface area contributed by atoms with Crippen molar-refractivity contribution in [3.05, 3.63) is 64.1 Å².